The summed E-state index contributed by atoms with van der Waals surface area (Å²) in [6.07, 6.45) is 1.04. The van der Waals surface area contributed by atoms with Gasteiger partial charge in [-0.15, -0.1) is 0 Å². The van der Waals surface area contributed by atoms with Gasteiger partial charge in [-0.05, 0) is 109 Å². The summed E-state index contributed by atoms with van der Waals surface area (Å²) in [7, 11) is -4.96. The number of aryl methyl sites for hydroxylation is 2. The van der Waals surface area contributed by atoms with Gasteiger partial charge in [-0.2, -0.15) is 13.5 Å². The summed E-state index contributed by atoms with van der Waals surface area (Å²) in [4.78, 5) is 40.7. The van der Waals surface area contributed by atoms with Gasteiger partial charge in [0.15, 0.2) is 5.71 Å². The number of nitrogen functional groups attached to an aromatic ring is 1. The molecule has 0 unspecified atom stereocenters. The van der Waals surface area contributed by atoms with Crippen LogP contribution >= 0.6 is 0 Å². The van der Waals surface area contributed by atoms with Crippen molar-refractivity contribution in [2.75, 3.05) is 16.5 Å². The number of benzene rings is 4. The first-order chi connectivity index (χ1) is 22.6. The number of hydrazone groups is 1. The van der Waals surface area contributed by atoms with Gasteiger partial charge in [0.05, 0.1) is 16.9 Å². The molecule has 0 bridgehead atoms. The van der Waals surface area contributed by atoms with E-state index in [1.165, 1.54) is 48.5 Å². The molecule has 0 saturated carbocycles. The van der Waals surface area contributed by atoms with Crippen LogP contribution in [0.3, 0.4) is 0 Å². The van der Waals surface area contributed by atoms with Gasteiger partial charge in [-0.3, -0.25) is 24.6 Å². The molecule has 0 aliphatic heterocycles. The van der Waals surface area contributed by atoms with E-state index in [9.17, 15) is 37.6 Å². The standard InChI is InChI=1S/C33H27N5O9S.2Na/c1-16-11-18(3-8-25(16)34)31(41)35-21-5-7-23-20(13-21)14-28(48(45,46)47)29(30(23)40)38-37-26-9-4-19(12-17(26)2)32(42)36-22-6-10-27(39)24(15-22)33(43)44;;/h3-15,37,39H,34H2,1-2H3,(H,35,41)(H,36,42)(H,43,44)(H,45,46,47);;/q;2*+1/p-2/b38-29+;;. The zero-order valence-electron chi connectivity index (χ0n) is 27.1. The molecule has 4 aromatic carbocycles. The van der Waals surface area contributed by atoms with Crippen molar-refractivity contribution in [3.05, 3.63) is 117 Å². The molecule has 1 aliphatic rings. The van der Waals surface area contributed by atoms with E-state index in [1.807, 2.05) is 0 Å². The fraction of sp³-hybridized carbons (Fsp3) is 0.0606. The van der Waals surface area contributed by atoms with Gasteiger partial charge in [0.2, 0.25) is 5.78 Å². The Labute approximate surface area is 330 Å². The quantitative estimate of drug-likeness (QED) is 0.0313. The molecular formula is C33H25N5Na2O9S. The molecule has 50 heavy (non-hydrogen) atoms. The number of hydrogen-bond acceptors (Lipinski definition) is 11. The minimum absolute atomic E-state index is 0. The molecule has 1 aliphatic carbocycles. The number of rotatable bonds is 8. The number of allylic oxidation sites excluding steroid dienone is 1. The summed E-state index contributed by atoms with van der Waals surface area (Å²) >= 11 is 0. The van der Waals surface area contributed by atoms with Crippen LogP contribution in [0, 0.1) is 13.8 Å². The number of aromatic carboxylic acids is 1. The number of anilines is 3. The second-order valence-electron chi connectivity index (χ2n) is 10.6. The van der Waals surface area contributed by atoms with Crippen LogP contribution in [0.1, 0.15) is 53.3 Å². The number of carboxylic acid groups (broad SMARTS) is 1. The minimum atomic E-state index is -4.96. The number of carboxylic acids is 1. The van der Waals surface area contributed by atoms with Crippen molar-refractivity contribution in [2.45, 2.75) is 13.8 Å². The van der Waals surface area contributed by atoms with Crippen molar-refractivity contribution >= 4 is 68.2 Å². The first-order valence-corrected chi connectivity index (χ1v) is 15.4. The third-order valence-corrected chi connectivity index (χ3v) is 8.15. The molecule has 0 fully saturated rings. The Kier molecular flexibility index (Phi) is 12.9. The predicted molar refractivity (Wildman–Crippen MR) is 175 cm³/mol. The molecule has 0 spiro atoms. The van der Waals surface area contributed by atoms with Crippen molar-refractivity contribution in [2.24, 2.45) is 10.1 Å². The molecule has 5 rings (SSSR count). The van der Waals surface area contributed by atoms with E-state index in [-0.39, 0.29) is 98.4 Å². The summed E-state index contributed by atoms with van der Waals surface area (Å²) in [5, 5.41) is 40.0. The third-order valence-electron chi connectivity index (χ3n) is 7.28. The summed E-state index contributed by atoms with van der Waals surface area (Å²) < 4.78 is 34.6. The SMILES string of the molecule is Cc1cc(C([O-])=Nc2ccc3c(c2)C=C(S(=O)(=O)O)/C(=N\Nc2ccc(C(=O)Nc4ccc([O-])c(C(=O)O)c4)cc2C)C3=O)ccc1N.[Na+].[Na+]. The van der Waals surface area contributed by atoms with Gasteiger partial charge in [0, 0.05) is 22.5 Å². The first-order valence-electron chi connectivity index (χ1n) is 13.9. The summed E-state index contributed by atoms with van der Waals surface area (Å²) in [6.45, 7) is 3.34. The molecule has 0 heterocycles. The van der Waals surface area contributed by atoms with Crippen molar-refractivity contribution in [3.63, 3.8) is 0 Å². The van der Waals surface area contributed by atoms with E-state index in [1.54, 1.807) is 26.0 Å². The molecule has 1 amide bonds. The molecular weight excluding hydrogens is 688 g/mol. The van der Waals surface area contributed by atoms with Crippen molar-refractivity contribution < 1.29 is 102 Å². The van der Waals surface area contributed by atoms with Crippen LogP contribution in [0.5, 0.6) is 5.75 Å². The number of nitrogens with one attached hydrogen (secondary N) is 2. The molecule has 244 valence electrons. The summed E-state index contributed by atoms with van der Waals surface area (Å²) in [5.74, 6) is -4.18. The summed E-state index contributed by atoms with van der Waals surface area (Å²) in [6, 6.07) is 16.4. The number of aliphatic imine (C=N–C) groups is 1. The zero-order valence-corrected chi connectivity index (χ0v) is 32.0. The number of amides is 1. The number of nitrogens with zero attached hydrogens (tertiary/aromatic N) is 2. The van der Waals surface area contributed by atoms with Crippen LogP contribution in [-0.2, 0) is 10.1 Å². The number of carbonyl (C=O) groups is 3. The zero-order chi connectivity index (χ0) is 34.9. The normalized spacial score (nSPS) is 13.3. The molecule has 0 radical (unpaired) electrons. The van der Waals surface area contributed by atoms with Crippen LogP contribution in [0.25, 0.3) is 6.08 Å². The van der Waals surface area contributed by atoms with Crippen LogP contribution < -0.4 is 85.8 Å². The number of fused-ring (bicyclic) bond motifs is 1. The summed E-state index contributed by atoms with van der Waals surface area (Å²) in [5.41, 5.74) is 9.99. The number of carbonyl (C=O) groups excluding carboxylic acids is 2. The topological polar surface area (TPSA) is 247 Å². The fourth-order valence-electron chi connectivity index (χ4n) is 4.71. The third kappa shape index (κ3) is 8.88. The minimum Gasteiger partial charge on any atom is -0.872 e. The van der Waals surface area contributed by atoms with Crippen LogP contribution in [0.2, 0.25) is 0 Å². The molecule has 4 aromatic rings. The van der Waals surface area contributed by atoms with E-state index in [0.29, 0.717) is 16.8 Å². The maximum atomic E-state index is 13.4. The molecule has 0 saturated heterocycles. The molecule has 17 heteroatoms. The van der Waals surface area contributed by atoms with Gasteiger partial charge >= 0.3 is 65.1 Å². The van der Waals surface area contributed by atoms with Crippen molar-refractivity contribution in [1.82, 2.24) is 0 Å². The maximum Gasteiger partial charge on any atom is 1.00 e. The van der Waals surface area contributed by atoms with E-state index in [4.69, 9.17) is 10.8 Å². The van der Waals surface area contributed by atoms with Gasteiger partial charge < -0.3 is 26.4 Å². The largest absolute Gasteiger partial charge is 1.00 e. The number of hydrogen-bond donors (Lipinski definition) is 5. The van der Waals surface area contributed by atoms with Gasteiger partial charge in [0.1, 0.15) is 4.91 Å². The Morgan fingerprint density at radius 1 is 0.900 bits per heavy atom. The smallest absolute Gasteiger partial charge is 0.872 e. The van der Waals surface area contributed by atoms with Crippen LogP contribution in [0.15, 0.2) is 87.8 Å². The van der Waals surface area contributed by atoms with Crippen LogP contribution in [0.4, 0.5) is 22.7 Å². The Hall–Kier alpha value is -4.32. The van der Waals surface area contributed by atoms with Crippen molar-refractivity contribution in [1.29, 1.82) is 0 Å². The number of Topliss-reactive ketones (excluding diaryl/α,β-unsaturated/α-hetero) is 1. The number of nitrogens with two attached hydrogens (primary N) is 1. The molecule has 0 atom stereocenters. The van der Waals surface area contributed by atoms with E-state index in [2.05, 4.69) is 20.8 Å². The first kappa shape index (κ1) is 40.1. The van der Waals surface area contributed by atoms with E-state index < -0.39 is 55.6 Å². The fourth-order valence-corrected chi connectivity index (χ4v) is 5.37. The Morgan fingerprint density at radius 2 is 1.58 bits per heavy atom. The van der Waals surface area contributed by atoms with E-state index >= 15 is 0 Å². The molecule has 6 N–H and O–H groups in total. The van der Waals surface area contributed by atoms with Gasteiger partial charge in [0.25, 0.3) is 16.0 Å². The second-order valence-corrected chi connectivity index (χ2v) is 12.0. The van der Waals surface area contributed by atoms with Crippen molar-refractivity contribution in [3.8, 4) is 5.75 Å². The Balaban J connectivity index is 0.00000338. The Morgan fingerprint density at radius 3 is 2.22 bits per heavy atom. The van der Waals surface area contributed by atoms with Gasteiger partial charge in [-0.25, -0.2) is 4.79 Å². The maximum absolute atomic E-state index is 13.4. The molecule has 0 aromatic heterocycles. The monoisotopic (exact) mass is 713 g/mol. The predicted octanol–water partition coefficient (Wildman–Crippen LogP) is -2.75. The average molecular weight is 714 g/mol. The molecule has 14 nitrogen and oxygen atoms in total. The van der Waals surface area contributed by atoms with Gasteiger partial charge in [-0.1, -0.05) is 17.9 Å². The van der Waals surface area contributed by atoms with Crippen LogP contribution in [-0.4, -0.2) is 47.3 Å². The number of ketones is 1. The van der Waals surface area contributed by atoms with E-state index in [0.717, 1.165) is 18.2 Å². The second kappa shape index (κ2) is 16.1. The Bertz CT molecular complexity index is 2250. The average Bonchev–Trinajstić information content (AvgIpc) is 3.02.